The van der Waals surface area contributed by atoms with Crippen LogP contribution in [0.15, 0.2) is 6.20 Å². The quantitative estimate of drug-likeness (QED) is 0.905. The second-order valence-corrected chi connectivity index (χ2v) is 5.22. The Labute approximate surface area is 107 Å². The molecule has 4 nitrogen and oxygen atoms in total. The maximum absolute atomic E-state index is 6.39. The molecule has 2 N–H and O–H groups in total. The highest BCUT2D eigenvalue weighted by atomic mass is 35.5. The van der Waals surface area contributed by atoms with Crippen molar-refractivity contribution in [1.29, 1.82) is 0 Å². The van der Waals surface area contributed by atoms with E-state index in [-0.39, 0.29) is 11.6 Å². The van der Waals surface area contributed by atoms with Crippen molar-refractivity contribution in [2.45, 2.75) is 43.7 Å². The number of aromatic nitrogens is 2. The van der Waals surface area contributed by atoms with Crippen molar-refractivity contribution in [3.63, 3.8) is 0 Å². The average molecular weight is 258 g/mol. The molecule has 1 heterocycles. The van der Waals surface area contributed by atoms with Gasteiger partial charge in [-0.05, 0) is 12.8 Å². The Morgan fingerprint density at radius 1 is 1.47 bits per heavy atom. The van der Waals surface area contributed by atoms with Gasteiger partial charge in [0.2, 0.25) is 0 Å². The number of nitrogens with zero attached hydrogens (tertiary/aromatic N) is 2. The van der Waals surface area contributed by atoms with Crippen molar-refractivity contribution in [1.82, 2.24) is 9.78 Å². The molecule has 1 saturated carbocycles. The van der Waals surface area contributed by atoms with Gasteiger partial charge in [0.25, 0.3) is 0 Å². The highest BCUT2D eigenvalue weighted by molar-refractivity contribution is 6.31. The molecular weight excluding hydrogens is 238 g/mol. The maximum atomic E-state index is 6.39. The fourth-order valence-corrected chi connectivity index (χ4v) is 3.10. The molecule has 96 valence electrons. The van der Waals surface area contributed by atoms with Gasteiger partial charge in [-0.15, -0.1) is 0 Å². The van der Waals surface area contributed by atoms with Crippen LogP contribution in [-0.2, 0) is 11.8 Å². The van der Waals surface area contributed by atoms with Crippen LogP contribution in [0.1, 0.15) is 43.8 Å². The van der Waals surface area contributed by atoms with Crippen molar-refractivity contribution in [3.8, 4) is 0 Å². The first-order valence-corrected chi connectivity index (χ1v) is 6.46. The Morgan fingerprint density at radius 2 is 2.12 bits per heavy atom. The summed E-state index contributed by atoms with van der Waals surface area (Å²) in [7, 11) is 3.61. The SMILES string of the molecule is COC1(C(N)c2c(Cl)cnn2C)CCCCC1. The molecule has 1 atom stereocenters. The Bertz CT molecular complexity index is 366. The zero-order valence-electron chi connectivity index (χ0n) is 10.4. The molecule has 1 aliphatic rings. The predicted molar refractivity (Wildman–Crippen MR) is 68.0 cm³/mol. The van der Waals surface area contributed by atoms with Crippen molar-refractivity contribution >= 4 is 11.6 Å². The van der Waals surface area contributed by atoms with E-state index in [9.17, 15) is 0 Å². The van der Waals surface area contributed by atoms with E-state index in [4.69, 9.17) is 22.1 Å². The number of hydrogen-bond acceptors (Lipinski definition) is 3. The highest BCUT2D eigenvalue weighted by Crippen LogP contribution is 2.41. The minimum atomic E-state index is -0.282. The van der Waals surface area contributed by atoms with Gasteiger partial charge in [-0.3, -0.25) is 4.68 Å². The van der Waals surface area contributed by atoms with Crippen LogP contribution in [0, 0.1) is 0 Å². The lowest BCUT2D eigenvalue weighted by Gasteiger charge is -2.40. The van der Waals surface area contributed by atoms with E-state index in [1.165, 1.54) is 6.42 Å². The van der Waals surface area contributed by atoms with Crippen molar-refractivity contribution < 1.29 is 4.74 Å². The number of ether oxygens (including phenoxy) is 1. The molecule has 0 bridgehead atoms. The highest BCUT2D eigenvalue weighted by Gasteiger charge is 2.41. The van der Waals surface area contributed by atoms with E-state index in [0.29, 0.717) is 5.02 Å². The Morgan fingerprint density at radius 3 is 2.59 bits per heavy atom. The van der Waals surface area contributed by atoms with Gasteiger partial charge < -0.3 is 10.5 Å². The summed E-state index contributed by atoms with van der Waals surface area (Å²) < 4.78 is 7.50. The average Bonchev–Trinajstić information content (AvgIpc) is 2.69. The summed E-state index contributed by atoms with van der Waals surface area (Å²) in [6, 6.07) is -0.215. The van der Waals surface area contributed by atoms with Crippen LogP contribution in [0.3, 0.4) is 0 Å². The topological polar surface area (TPSA) is 53.1 Å². The van der Waals surface area contributed by atoms with Gasteiger partial charge in [0.1, 0.15) is 0 Å². The third kappa shape index (κ3) is 2.21. The number of halogens is 1. The number of aryl methyl sites for hydroxylation is 1. The normalized spacial score (nSPS) is 21.4. The standard InChI is InChI=1S/C12H20ClN3O/c1-16-10(9(13)8-15-16)11(14)12(17-2)6-4-3-5-7-12/h8,11H,3-7,14H2,1-2H3. The first-order valence-electron chi connectivity index (χ1n) is 6.09. The minimum Gasteiger partial charge on any atom is -0.376 e. The summed E-state index contributed by atoms with van der Waals surface area (Å²) in [5.41, 5.74) is 6.98. The molecule has 1 aliphatic carbocycles. The Kier molecular flexibility index (Phi) is 3.76. The fraction of sp³-hybridized carbons (Fsp3) is 0.750. The molecule has 1 unspecified atom stereocenters. The van der Waals surface area contributed by atoms with Gasteiger partial charge in [0.15, 0.2) is 0 Å². The molecule has 5 heteroatoms. The first-order chi connectivity index (χ1) is 8.10. The van der Waals surface area contributed by atoms with E-state index < -0.39 is 0 Å². The molecule has 2 rings (SSSR count). The number of methoxy groups -OCH3 is 1. The summed E-state index contributed by atoms with van der Waals surface area (Å²) in [6.07, 6.45) is 7.21. The molecule has 0 radical (unpaired) electrons. The van der Waals surface area contributed by atoms with Gasteiger partial charge in [-0.2, -0.15) is 5.10 Å². The summed E-state index contributed by atoms with van der Waals surface area (Å²) >= 11 is 6.16. The molecule has 0 aliphatic heterocycles. The molecular formula is C12H20ClN3O. The number of hydrogen-bond donors (Lipinski definition) is 1. The molecule has 0 amide bonds. The van der Waals surface area contributed by atoms with Gasteiger partial charge in [0, 0.05) is 14.2 Å². The summed E-state index contributed by atoms with van der Waals surface area (Å²) in [4.78, 5) is 0. The lowest BCUT2D eigenvalue weighted by atomic mass is 9.78. The smallest absolute Gasteiger partial charge is 0.0886 e. The molecule has 17 heavy (non-hydrogen) atoms. The molecule has 0 spiro atoms. The van der Waals surface area contributed by atoms with E-state index in [2.05, 4.69) is 5.10 Å². The van der Waals surface area contributed by atoms with Gasteiger partial charge in [-0.1, -0.05) is 30.9 Å². The minimum absolute atomic E-state index is 0.215. The predicted octanol–water partition coefficient (Wildman–Crippen LogP) is 2.42. The van der Waals surface area contributed by atoms with Gasteiger partial charge >= 0.3 is 0 Å². The number of rotatable bonds is 3. The zero-order valence-corrected chi connectivity index (χ0v) is 11.2. The van der Waals surface area contributed by atoms with Crippen LogP contribution in [-0.4, -0.2) is 22.5 Å². The third-order valence-corrected chi connectivity index (χ3v) is 4.20. The molecule has 1 aromatic heterocycles. The second kappa shape index (κ2) is 4.96. The first kappa shape index (κ1) is 12.9. The van der Waals surface area contributed by atoms with Crippen LogP contribution in [0.25, 0.3) is 0 Å². The van der Waals surface area contributed by atoms with E-state index in [1.807, 2.05) is 7.05 Å². The zero-order chi connectivity index (χ0) is 12.5. The van der Waals surface area contributed by atoms with E-state index in [0.717, 1.165) is 31.4 Å². The van der Waals surface area contributed by atoms with Crippen LogP contribution >= 0.6 is 11.6 Å². The molecule has 1 aromatic rings. The summed E-state index contributed by atoms with van der Waals surface area (Å²) in [5, 5.41) is 4.77. The van der Waals surface area contributed by atoms with Gasteiger partial charge in [-0.25, -0.2) is 0 Å². The molecule has 0 saturated heterocycles. The fourth-order valence-electron chi connectivity index (χ4n) is 2.81. The van der Waals surface area contributed by atoms with Crippen molar-refractivity contribution in [2.24, 2.45) is 12.8 Å². The van der Waals surface area contributed by atoms with Crippen LogP contribution in [0.5, 0.6) is 0 Å². The third-order valence-electron chi connectivity index (χ3n) is 3.91. The van der Waals surface area contributed by atoms with Crippen molar-refractivity contribution in [3.05, 3.63) is 16.9 Å². The Balaban J connectivity index is 2.31. The van der Waals surface area contributed by atoms with Gasteiger partial charge in [0.05, 0.1) is 28.6 Å². The lowest BCUT2D eigenvalue weighted by Crippen LogP contribution is -2.45. The largest absolute Gasteiger partial charge is 0.376 e. The van der Waals surface area contributed by atoms with Crippen LogP contribution < -0.4 is 5.73 Å². The lowest BCUT2D eigenvalue weighted by molar-refractivity contribution is -0.0611. The Hall–Kier alpha value is -0.580. The van der Waals surface area contributed by atoms with E-state index in [1.54, 1.807) is 18.0 Å². The maximum Gasteiger partial charge on any atom is 0.0886 e. The van der Waals surface area contributed by atoms with Crippen molar-refractivity contribution in [2.75, 3.05) is 7.11 Å². The number of nitrogens with two attached hydrogens (primary N) is 1. The summed E-state index contributed by atoms with van der Waals surface area (Å²) in [5.74, 6) is 0. The summed E-state index contributed by atoms with van der Waals surface area (Å²) in [6.45, 7) is 0. The van der Waals surface area contributed by atoms with Crippen LogP contribution in [0.2, 0.25) is 5.02 Å². The second-order valence-electron chi connectivity index (χ2n) is 4.81. The monoisotopic (exact) mass is 257 g/mol. The molecule has 1 fully saturated rings. The van der Waals surface area contributed by atoms with Crippen LogP contribution in [0.4, 0.5) is 0 Å². The van der Waals surface area contributed by atoms with E-state index >= 15 is 0 Å². The molecule has 0 aromatic carbocycles.